The summed E-state index contributed by atoms with van der Waals surface area (Å²) in [6, 6.07) is 7.24. The van der Waals surface area contributed by atoms with Crippen molar-refractivity contribution in [2.75, 3.05) is 18.4 Å². The molecule has 2 nitrogen and oxygen atoms in total. The molecular formula is C14H22N2. The molecule has 0 aromatic heterocycles. The molecule has 88 valence electrons. The van der Waals surface area contributed by atoms with Crippen molar-refractivity contribution < 1.29 is 0 Å². The van der Waals surface area contributed by atoms with Gasteiger partial charge in [0, 0.05) is 18.3 Å². The smallest absolute Gasteiger partial charge is 0.0370 e. The zero-order valence-electron chi connectivity index (χ0n) is 10.3. The van der Waals surface area contributed by atoms with Crippen molar-refractivity contribution in [1.82, 2.24) is 5.32 Å². The number of anilines is 1. The molecule has 1 aromatic carbocycles. The van der Waals surface area contributed by atoms with E-state index < -0.39 is 0 Å². The molecule has 0 saturated carbocycles. The Labute approximate surface area is 98.4 Å². The standard InChI is InChI=1S/C14H22N2/c1-11-6-7-14(12(2)9-11)16-10-13-5-3-4-8-15-13/h6-7,9,13,15-16H,3-5,8,10H2,1-2H3. The van der Waals surface area contributed by atoms with E-state index in [1.165, 1.54) is 42.6 Å². The van der Waals surface area contributed by atoms with Crippen molar-refractivity contribution in [1.29, 1.82) is 0 Å². The molecule has 0 amide bonds. The van der Waals surface area contributed by atoms with Crippen molar-refractivity contribution in [3.8, 4) is 0 Å². The van der Waals surface area contributed by atoms with Crippen molar-refractivity contribution >= 4 is 5.69 Å². The lowest BCUT2D eigenvalue weighted by Gasteiger charge is -2.24. The summed E-state index contributed by atoms with van der Waals surface area (Å²) in [5, 5.41) is 7.11. The lowest BCUT2D eigenvalue weighted by atomic mass is 10.0. The average molecular weight is 218 g/mol. The second-order valence-electron chi connectivity index (χ2n) is 4.85. The summed E-state index contributed by atoms with van der Waals surface area (Å²) in [5.74, 6) is 0. The van der Waals surface area contributed by atoms with Crippen LogP contribution < -0.4 is 10.6 Å². The molecule has 2 N–H and O–H groups in total. The van der Waals surface area contributed by atoms with Gasteiger partial charge in [0.15, 0.2) is 0 Å². The van der Waals surface area contributed by atoms with Crippen molar-refractivity contribution in [3.05, 3.63) is 29.3 Å². The average Bonchev–Trinajstić information content (AvgIpc) is 2.29. The second-order valence-corrected chi connectivity index (χ2v) is 4.85. The van der Waals surface area contributed by atoms with Gasteiger partial charge in [0.1, 0.15) is 0 Å². The van der Waals surface area contributed by atoms with Gasteiger partial charge in [0.25, 0.3) is 0 Å². The molecule has 2 heteroatoms. The van der Waals surface area contributed by atoms with Crippen LogP contribution in [0.15, 0.2) is 18.2 Å². The minimum absolute atomic E-state index is 0.648. The second kappa shape index (κ2) is 5.35. The molecule has 1 aliphatic rings. The van der Waals surface area contributed by atoms with Gasteiger partial charge in [0.2, 0.25) is 0 Å². The Morgan fingerprint density at radius 2 is 2.19 bits per heavy atom. The number of aryl methyl sites for hydroxylation is 2. The summed E-state index contributed by atoms with van der Waals surface area (Å²) in [5.41, 5.74) is 3.95. The van der Waals surface area contributed by atoms with Crippen LogP contribution in [0.1, 0.15) is 30.4 Å². The molecular weight excluding hydrogens is 196 g/mol. The van der Waals surface area contributed by atoms with Crippen molar-refractivity contribution in [3.63, 3.8) is 0 Å². The monoisotopic (exact) mass is 218 g/mol. The van der Waals surface area contributed by atoms with E-state index in [-0.39, 0.29) is 0 Å². The highest BCUT2D eigenvalue weighted by atomic mass is 15.0. The maximum Gasteiger partial charge on any atom is 0.0370 e. The third-order valence-corrected chi connectivity index (χ3v) is 3.33. The molecule has 16 heavy (non-hydrogen) atoms. The molecule has 0 spiro atoms. The molecule has 2 rings (SSSR count). The molecule has 1 heterocycles. The van der Waals surface area contributed by atoms with Crippen molar-refractivity contribution in [2.45, 2.75) is 39.2 Å². The summed E-state index contributed by atoms with van der Waals surface area (Å²) in [7, 11) is 0. The number of benzene rings is 1. The third kappa shape index (κ3) is 2.99. The van der Waals surface area contributed by atoms with Crippen LogP contribution in [0.25, 0.3) is 0 Å². The largest absolute Gasteiger partial charge is 0.383 e. The highest BCUT2D eigenvalue weighted by Crippen LogP contribution is 2.16. The maximum absolute atomic E-state index is 3.56. The number of hydrogen-bond acceptors (Lipinski definition) is 2. The van der Waals surface area contributed by atoms with Gasteiger partial charge >= 0.3 is 0 Å². The molecule has 1 atom stereocenters. The minimum Gasteiger partial charge on any atom is -0.383 e. The lowest BCUT2D eigenvalue weighted by molar-refractivity contribution is 0.414. The number of piperidine rings is 1. The molecule has 0 aliphatic carbocycles. The highest BCUT2D eigenvalue weighted by Gasteiger charge is 2.11. The maximum atomic E-state index is 3.56. The Morgan fingerprint density at radius 1 is 1.31 bits per heavy atom. The topological polar surface area (TPSA) is 24.1 Å². The van der Waals surface area contributed by atoms with E-state index in [0.717, 1.165) is 6.54 Å². The van der Waals surface area contributed by atoms with Gasteiger partial charge < -0.3 is 10.6 Å². The lowest BCUT2D eigenvalue weighted by Crippen LogP contribution is -2.39. The Balaban J connectivity index is 1.88. The van der Waals surface area contributed by atoms with E-state index in [1.54, 1.807) is 0 Å². The molecule has 1 saturated heterocycles. The Morgan fingerprint density at radius 3 is 2.88 bits per heavy atom. The van der Waals surface area contributed by atoms with Gasteiger partial charge in [-0.2, -0.15) is 0 Å². The fraction of sp³-hybridized carbons (Fsp3) is 0.571. The summed E-state index contributed by atoms with van der Waals surface area (Å²) in [6.45, 7) is 6.53. The molecule has 1 aliphatic heterocycles. The number of rotatable bonds is 3. The quantitative estimate of drug-likeness (QED) is 0.815. The first-order valence-corrected chi connectivity index (χ1v) is 6.30. The molecule has 0 bridgehead atoms. The Hall–Kier alpha value is -1.02. The normalized spacial score (nSPS) is 20.8. The number of nitrogens with one attached hydrogen (secondary N) is 2. The molecule has 1 unspecified atom stereocenters. The van der Waals surface area contributed by atoms with Gasteiger partial charge in [-0.25, -0.2) is 0 Å². The van der Waals surface area contributed by atoms with Crippen LogP contribution in [-0.2, 0) is 0 Å². The van der Waals surface area contributed by atoms with Crippen LogP contribution in [0, 0.1) is 13.8 Å². The Kier molecular flexibility index (Phi) is 3.83. The molecule has 1 aromatic rings. The zero-order chi connectivity index (χ0) is 11.4. The minimum atomic E-state index is 0.648. The van der Waals surface area contributed by atoms with E-state index in [0.29, 0.717) is 6.04 Å². The van der Waals surface area contributed by atoms with Crippen LogP contribution in [0.5, 0.6) is 0 Å². The first-order chi connectivity index (χ1) is 7.75. The van der Waals surface area contributed by atoms with Gasteiger partial charge in [-0.3, -0.25) is 0 Å². The van der Waals surface area contributed by atoms with Gasteiger partial charge in [-0.05, 0) is 44.9 Å². The van der Waals surface area contributed by atoms with Gasteiger partial charge in [0.05, 0.1) is 0 Å². The van der Waals surface area contributed by atoms with E-state index in [2.05, 4.69) is 42.7 Å². The summed E-state index contributed by atoms with van der Waals surface area (Å²) in [6.07, 6.45) is 4.00. The molecule has 1 fully saturated rings. The summed E-state index contributed by atoms with van der Waals surface area (Å²) < 4.78 is 0. The van der Waals surface area contributed by atoms with E-state index in [9.17, 15) is 0 Å². The summed E-state index contributed by atoms with van der Waals surface area (Å²) in [4.78, 5) is 0. The zero-order valence-corrected chi connectivity index (χ0v) is 10.3. The van der Waals surface area contributed by atoms with Crippen molar-refractivity contribution in [2.24, 2.45) is 0 Å². The molecule has 0 radical (unpaired) electrons. The fourth-order valence-electron chi connectivity index (χ4n) is 2.34. The SMILES string of the molecule is Cc1ccc(NCC2CCCCN2)c(C)c1. The third-order valence-electron chi connectivity index (χ3n) is 3.33. The van der Waals surface area contributed by atoms with Crippen LogP contribution in [-0.4, -0.2) is 19.1 Å². The predicted molar refractivity (Wildman–Crippen MR) is 70.0 cm³/mol. The van der Waals surface area contributed by atoms with Gasteiger partial charge in [-0.15, -0.1) is 0 Å². The summed E-state index contributed by atoms with van der Waals surface area (Å²) >= 11 is 0. The van der Waals surface area contributed by atoms with Crippen LogP contribution >= 0.6 is 0 Å². The first kappa shape index (κ1) is 11.5. The van der Waals surface area contributed by atoms with E-state index in [1.807, 2.05) is 0 Å². The first-order valence-electron chi connectivity index (χ1n) is 6.30. The van der Waals surface area contributed by atoms with E-state index >= 15 is 0 Å². The fourth-order valence-corrected chi connectivity index (χ4v) is 2.34. The Bertz CT molecular complexity index is 341. The van der Waals surface area contributed by atoms with Crippen LogP contribution in [0.4, 0.5) is 5.69 Å². The number of hydrogen-bond donors (Lipinski definition) is 2. The van der Waals surface area contributed by atoms with Crippen LogP contribution in [0.3, 0.4) is 0 Å². The highest BCUT2D eigenvalue weighted by molar-refractivity contribution is 5.51. The van der Waals surface area contributed by atoms with Gasteiger partial charge in [-0.1, -0.05) is 24.1 Å². The predicted octanol–water partition coefficient (Wildman–Crippen LogP) is 2.86. The van der Waals surface area contributed by atoms with E-state index in [4.69, 9.17) is 0 Å². The van der Waals surface area contributed by atoms with Crippen LogP contribution in [0.2, 0.25) is 0 Å².